The maximum atomic E-state index is 14.2. The van der Waals surface area contributed by atoms with Gasteiger partial charge in [-0.15, -0.1) is 11.8 Å². The van der Waals surface area contributed by atoms with Crippen molar-refractivity contribution >= 4 is 69.2 Å². The molecule has 1 aliphatic heterocycles. The van der Waals surface area contributed by atoms with Gasteiger partial charge >= 0.3 is 5.97 Å². The zero-order chi connectivity index (χ0) is 31.1. The van der Waals surface area contributed by atoms with Crippen molar-refractivity contribution in [2.24, 2.45) is 4.99 Å². The number of carbonyl (C=O) groups is 1. The van der Waals surface area contributed by atoms with Crippen molar-refractivity contribution in [1.29, 1.82) is 0 Å². The third kappa shape index (κ3) is 5.79. The first-order chi connectivity index (χ1) is 21.1. The minimum absolute atomic E-state index is 0.212. The lowest BCUT2D eigenvalue weighted by atomic mass is 9.96. The molecule has 0 saturated heterocycles. The van der Waals surface area contributed by atoms with E-state index in [1.165, 1.54) is 11.3 Å². The monoisotopic (exact) mass is 661 g/mol. The second kappa shape index (κ2) is 12.4. The molecule has 1 aliphatic rings. The highest BCUT2D eigenvalue weighted by Gasteiger charge is 2.33. The van der Waals surface area contributed by atoms with E-state index < -0.39 is 12.0 Å². The number of aromatic nitrogens is 2. The Labute approximate surface area is 272 Å². The summed E-state index contributed by atoms with van der Waals surface area (Å²) >= 11 is 15.4. The van der Waals surface area contributed by atoms with Crippen LogP contribution in [0.25, 0.3) is 17.0 Å². The smallest absolute Gasteiger partial charge is 0.338 e. The normalized spacial score (nSPS) is 15.2. The number of nitrogens with zero attached hydrogens (tertiary/aromatic N) is 3. The molecule has 5 aromatic rings. The van der Waals surface area contributed by atoms with Crippen molar-refractivity contribution in [1.82, 2.24) is 9.13 Å². The van der Waals surface area contributed by atoms with Crippen molar-refractivity contribution < 1.29 is 9.53 Å². The maximum absolute atomic E-state index is 14.2. The molecule has 10 heteroatoms. The zero-order valence-electron chi connectivity index (χ0n) is 24.5. The minimum Gasteiger partial charge on any atom is -0.459 e. The van der Waals surface area contributed by atoms with E-state index in [4.69, 9.17) is 32.9 Å². The number of benzene rings is 3. The van der Waals surface area contributed by atoms with Gasteiger partial charge in [0.05, 0.1) is 38.0 Å². The number of hydrogen-bond acceptors (Lipinski definition) is 6. The summed E-state index contributed by atoms with van der Waals surface area (Å²) in [5, 5.41) is 2.03. The van der Waals surface area contributed by atoms with E-state index >= 15 is 0 Å². The van der Waals surface area contributed by atoms with Crippen LogP contribution in [0.2, 0.25) is 10.0 Å². The minimum atomic E-state index is -0.661. The van der Waals surface area contributed by atoms with E-state index in [9.17, 15) is 9.59 Å². The van der Waals surface area contributed by atoms with Gasteiger partial charge in [-0.25, -0.2) is 9.79 Å². The fourth-order valence-corrected chi connectivity index (χ4v) is 7.23. The number of ether oxygens (including phenoxy) is 1. The molecule has 0 N–H and O–H groups in total. The number of halogens is 2. The Morgan fingerprint density at radius 1 is 1.09 bits per heavy atom. The fraction of sp³-hybridized carbons (Fsp3) is 0.206. The molecule has 6 rings (SSSR count). The van der Waals surface area contributed by atoms with E-state index in [1.807, 2.05) is 87.0 Å². The molecule has 0 amide bonds. The average Bonchev–Trinajstić information content (AvgIpc) is 3.50. The summed E-state index contributed by atoms with van der Waals surface area (Å²) < 4.78 is 9.92. The van der Waals surface area contributed by atoms with Gasteiger partial charge in [0.25, 0.3) is 5.56 Å². The highest BCUT2D eigenvalue weighted by molar-refractivity contribution is 7.98. The fourth-order valence-electron chi connectivity index (χ4n) is 5.46. The lowest BCUT2D eigenvalue weighted by Crippen LogP contribution is -2.40. The number of esters is 1. The molecule has 44 heavy (non-hydrogen) atoms. The number of para-hydroxylation sites is 1. The summed E-state index contributed by atoms with van der Waals surface area (Å²) in [6.07, 6.45) is 5.65. The summed E-state index contributed by atoms with van der Waals surface area (Å²) in [6, 6.07) is 21.0. The second-order valence-corrected chi connectivity index (χ2v) is 13.5. The molecule has 3 heterocycles. The van der Waals surface area contributed by atoms with Gasteiger partial charge in [0, 0.05) is 34.1 Å². The number of rotatable bonds is 7. The van der Waals surface area contributed by atoms with Gasteiger partial charge in [-0.2, -0.15) is 0 Å². The molecule has 0 aliphatic carbocycles. The average molecular weight is 663 g/mol. The predicted molar refractivity (Wildman–Crippen MR) is 181 cm³/mol. The quantitative estimate of drug-likeness (QED) is 0.136. The largest absolute Gasteiger partial charge is 0.459 e. The van der Waals surface area contributed by atoms with Crippen LogP contribution in [-0.2, 0) is 16.1 Å². The first-order valence-electron chi connectivity index (χ1n) is 14.0. The van der Waals surface area contributed by atoms with Crippen LogP contribution in [0, 0.1) is 0 Å². The van der Waals surface area contributed by atoms with Crippen LogP contribution in [0.1, 0.15) is 43.5 Å². The van der Waals surface area contributed by atoms with Gasteiger partial charge in [-0.3, -0.25) is 9.36 Å². The van der Waals surface area contributed by atoms with Gasteiger partial charge in [0.2, 0.25) is 0 Å². The lowest BCUT2D eigenvalue weighted by molar-refractivity contribution is -0.143. The first-order valence-corrected chi connectivity index (χ1v) is 16.8. The molecule has 224 valence electrons. The van der Waals surface area contributed by atoms with E-state index in [2.05, 4.69) is 10.6 Å². The van der Waals surface area contributed by atoms with Crippen LogP contribution in [-0.4, -0.2) is 27.5 Å². The van der Waals surface area contributed by atoms with Gasteiger partial charge in [-0.1, -0.05) is 70.9 Å². The van der Waals surface area contributed by atoms with Crippen LogP contribution in [0.5, 0.6) is 0 Å². The predicted octanol–water partition coefficient (Wildman–Crippen LogP) is 7.22. The van der Waals surface area contributed by atoms with E-state index in [0.717, 1.165) is 32.5 Å². The van der Waals surface area contributed by atoms with Crippen LogP contribution >= 0.6 is 46.3 Å². The van der Waals surface area contributed by atoms with Crippen molar-refractivity contribution in [2.75, 3.05) is 6.26 Å². The molecule has 6 nitrogen and oxygen atoms in total. The van der Waals surface area contributed by atoms with Crippen molar-refractivity contribution in [3.63, 3.8) is 0 Å². The Hall–Kier alpha value is -3.56. The number of hydrogen-bond donors (Lipinski definition) is 0. The third-order valence-electron chi connectivity index (χ3n) is 7.46. The number of thiazole rings is 1. The Kier molecular flexibility index (Phi) is 8.61. The van der Waals surface area contributed by atoms with E-state index in [1.54, 1.807) is 29.3 Å². The second-order valence-electron chi connectivity index (χ2n) is 10.8. The number of carbonyl (C=O) groups excluding carboxylic acids is 1. The molecule has 0 fully saturated rings. The van der Waals surface area contributed by atoms with Crippen LogP contribution < -0.4 is 14.9 Å². The summed E-state index contributed by atoms with van der Waals surface area (Å²) in [5.74, 6) is -0.472. The summed E-state index contributed by atoms with van der Waals surface area (Å²) in [4.78, 5) is 34.0. The molecular formula is C34H29Cl2N3O3S2. The summed E-state index contributed by atoms with van der Waals surface area (Å²) in [6.45, 7) is 6.00. The van der Waals surface area contributed by atoms with Crippen LogP contribution in [0.3, 0.4) is 0 Å². The molecule has 3 aromatic carbocycles. The molecule has 0 saturated carbocycles. The van der Waals surface area contributed by atoms with Gasteiger partial charge in [-0.05, 0) is 74.6 Å². The number of fused-ring (bicyclic) bond motifs is 2. The van der Waals surface area contributed by atoms with Crippen molar-refractivity contribution in [3.8, 4) is 0 Å². The Morgan fingerprint density at radius 3 is 2.55 bits per heavy atom. The highest BCUT2D eigenvalue weighted by atomic mass is 35.5. The lowest BCUT2D eigenvalue weighted by Gasteiger charge is -2.25. The SMILES string of the molecule is CSc1ccc([C@@H]2C(C(=O)OC(C)C)=C(C)N=c3s/c(=C/c4cn(Cc5ccc(Cl)c(Cl)c5)c5ccccc45)c(=O)n32)cc1. The molecular weight excluding hydrogens is 633 g/mol. The molecule has 0 bridgehead atoms. The number of thioether (sulfide) groups is 1. The molecule has 0 radical (unpaired) electrons. The van der Waals surface area contributed by atoms with Gasteiger partial charge < -0.3 is 9.30 Å². The standard InChI is InChI=1S/C34H29Cl2N3O3S2/c1-19(2)42-33(41)30-20(3)37-34-39(31(30)22-10-12-24(43-4)13-11-22)32(40)29(44-34)16-23-18-38(28-8-6-5-7-25(23)28)17-21-9-14-26(35)27(36)15-21/h5-16,18-19,31H,17H2,1-4H3/b29-16+/t31-/m1/s1. The van der Waals surface area contributed by atoms with Gasteiger partial charge in [0.1, 0.15) is 0 Å². The topological polar surface area (TPSA) is 65.6 Å². The molecule has 0 unspecified atom stereocenters. The highest BCUT2D eigenvalue weighted by Crippen LogP contribution is 2.32. The van der Waals surface area contributed by atoms with E-state index in [-0.39, 0.29) is 11.7 Å². The molecule has 2 aromatic heterocycles. The summed E-state index contributed by atoms with van der Waals surface area (Å²) in [7, 11) is 0. The molecule has 0 spiro atoms. The molecule has 1 atom stereocenters. The Balaban J connectivity index is 1.50. The summed E-state index contributed by atoms with van der Waals surface area (Å²) in [5.41, 5.74) is 4.46. The number of allylic oxidation sites excluding steroid dienone is 1. The van der Waals surface area contributed by atoms with Crippen molar-refractivity contribution in [3.05, 3.63) is 131 Å². The van der Waals surface area contributed by atoms with Gasteiger partial charge in [0.15, 0.2) is 4.80 Å². The third-order valence-corrected chi connectivity index (χ3v) is 9.92. The maximum Gasteiger partial charge on any atom is 0.338 e. The van der Waals surface area contributed by atoms with Crippen molar-refractivity contribution in [2.45, 2.75) is 44.4 Å². The Morgan fingerprint density at radius 2 is 1.84 bits per heavy atom. The Bertz CT molecular complexity index is 2130. The zero-order valence-corrected chi connectivity index (χ0v) is 27.7. The van der Waals surface area contributed by atoms with Crippen LogP contribution in [0.4, 0.5) is 0 Å². The van der Waals surface area contributed by atoms with E-state index in [0.29, 0.717) is 37.2 Å². The first kappa shape index (κ1) is 30.5. The van der Waals surface area contributed by atoms with Crippen LogP contribution in [0.15, 0.2) is 98.9 Å².